The Morgan fingerprint density at radius 1 is 1.04 bits per heavy atom. The van der Waals surface area contributed by atoms with Gasteiger partial charge >= 0.3 is 5.97 Å². The summed E-state index contributed by atoms with van der Waals surface area (Å²) >= 11 is 0. The summed E-state index contributed by atoms with van der Waals surface area (Å²) < 4.78 is 23.6. The lowest BCUT2D eigenvalue weighted by molar-refractivity contribution is -0.139. The van der Waals surface area contributed by atoms with E-state index < -0.39 is 12.6 Å². The van der Waals surface area contributed by atoms with Gasteiger partial charge in [0.1, 0.15) is 5.82 Å². The van der Waals surface area contributed by atoms with E-state index in [1.54, 1.807) is 36.4 Å². The number of anilines is 1. The van der Waals surface area contributed by atoms with Crippen molar-refractivity contribution in [2.45, 2.75) is 0 Å². The smallest absolute Gasteiger partial charge is 0.341 e. The number of carboxylic acids is 1. The number of nitrogens with two attached hydrogens (primary N) is 1. The van der Waals surface area contributed by atoms with Crippen molar-refractivity contribution < 1.29 is 23.8 Å². The maximum Gasteiger partial charge on any atom is 0.341 e. The van der Waals surface area contributed by atoms with Crippen LogP contribution in [-0.2, 0) is 4.79 Å². The number of hydrogen-bond donors (Lipinski definition) is 2. The summed E-state index contributed by atoms with van der Waals surface area (Å²) in [5.74, 6) is -0.716. The molecule has 0 saturated heterocycles. The summed E-state index contributed by atoms with van der Waals surface area (Å²) in [5, 5.41) is 8.74. The second kappa shape index (κ2) is 7.69. The molecule has 0 saturated carbocycles. The third kappa shape index (κ3) is 4.30. The van der Waals surface area contributed by atoms with Crippen LogP contribution < -0.4 is 15.2 Å². The molecule has 0 aliphatic carbocycles. The van der Waals surface area contributed by atoms with Crippen molar-refractivity contribution in [1.29, 1.82) is 0 Å². The van der Waals surface area contributed by atoms with E-state index in [4.69, 9.17) is 20.3 Å². The van der Waals surface area contributed by atoms with Gasteiger partial charge in [0.2, 0.25) is 5.95 Å². The second-order valence-corrected chi connectivity index (χ2v) is 5.55. The molecular formula is C19H16FN3O4. The molecule has 1 aromatic heterocycles. The van der Waals surface area contributed by atoms with Crippen molar-refractivity contribution in [2.75, 3.05) is 19.5 Å². The zero-order valence-electron chi connectivity index (χ0n) is 14.3. The number of hydrogen-bond acceptors (Lipinski definition) is 6. The van der Waals surface area contributed by atoms with Gasteiger partial charge in [-0.2, -0.15) is 0 Å². The number of carbonyl (C=O) groups is 1. The third-order valence-electron chi connectivity index (χ3n) is 3.69. The molecule has 0 fully saturated rings. The Balaban J connectivity index is 1.98. The highest BCUT2D eigenvalue weighted by atomic mass is 19.1. The van der Waals surface area contributed by atoms with E-state index in [9.17, 15) is 9.18 Å². The zero-order chi connectivity index (χ0) is 19.4. The Labute approximate surface area is 154 Å². The summed E-state index contributed by atoms with van der Waals surface area (Å²) in [6.07, 6.45) is 0. The molecule has 0 bridgehead atoms. The van der Waals surface area contributed by atoms with Gasteiger partial charge in [-0.05, 0) is 48.5 Å². The number of rotatable bonds is 6. The number of nitrogen functional groups attached to an aromatic ring is 1. The summed E-state index contributed by atoms with van der Waals surface area (Å²) in [4.78, 5) is 19.1. The summed E-state index contributed by atoms with van der Waals surface area (Å²) in [6.45, 7) is -0.481. The molecule has 3 rings (SSSR count). The lowest BCUT2D eigenvalue weighted by atomic mass is 10.1. The predicted octanol–water partition coefficient (Wildman–Crippen LogP) is 3.00. The number of methoxy groups -OCH3 is 1. The van der Waals surface area contributed by atoms with Crippen LogP contribution in [0.15, 0.2) is 48.5 Å². The van der Waals surface area contributed by atoms with Gasteiger partial charge in [0.15, 0.2) is 18.1 Å². The van der Waals surface area contributed by atoms with Crippen LogP contribution in [0.5, 0.6) is 11.5 Å². The number of aliphatic carboxylic acids is 1. The van der Waals surface area contributed by atoms with Crippen molar-refractivity contribution in [3.63, 3.8) is 0 Å². The average molecular weight is 369 g/mol. The molecule has 3 aromatic rings. The monoisotopic (exact) mass is 369 g/mol. The Morgan fingerprint density at radius 3 is 2.30 bits per heavy atom. The summed E-state index contributed by atoms with van der Waals surface area (Å²) in [6, 6.07) is 12.6. The molecule has 0 spiro atoms. The first-order valence-electron chi connectivity index (χ1n) is 7.90. The fraction of sp³-hybridized carbons (Fsp3) is 0.105. The van der Waals surface area contributed by atoms with Crippen molar-refractivity contribution in [1.82, 2.24) is 9.97 Å². The van der Waals surface area contributed by atoms with Crippen LogP contribution in [0.25, 0.3) is 22.5 Å². The van der Waals surface area contributed by atoms with Gasteiger partial charge in [-0.1, -0.05) is 0 Å². The van der Waals surface area contributed by atoms with Gasteiger partial charge in [-0.25, -0.2) is 19.2 Å². The molecule has 3 N–H and O–H groups in total. The molecule has 0 radical (unpaired) electrons. The van der Waals surface area contributed by atoms with Gasteiger partial charge in [0, 0.05) is 11.1 Å². The first-order chi connectivity index (χ1) is 13.0. The molecule has 8 heteroatoms. The molecule has 7 nitrogen and oxygen atoms in total. The van der Waals surface area contributed by atoms with Crippen LogP contribution in [0.2, 0.25) is 0 Å². The first-order valence-corrected chi connectivity index (χ1v) is 7.90. The van der Waals surface area contributed by atoms with Crippen molar-refractivity contribution in [3.05, 3.63) is 54.3 Å². The summed E-state index contributed by atoms with van der Waals surface area (Å²) in [5.41, 5.74) is 8.27. The number of nitrogens with zero attached hydrogens (tertiary/aromatic N) is 2. The largest absolute Gasteiger partial charge is 0.493 e. The van der Waals surface area contributed by atoms with Crippen molar-refractivity contribution in [3.8, 4) is 34.0 Å². The summed E-state index contributed by atoms with van der Waals surface area (Å²) in [7, 11) is 1.45. The molecule has 27 heavy (non-hydrogen) atoms. The van der Waals surface area contributed by atoms with Gasteiger partial charge in [0.25, 0.3) is 0 Å². The molecular weight excluding hydrogens is 353 g/mol. The molecule has 1 heterocycles. The van der Waals surface area contributed by atoms with Crippen LogP contribution in [0, 0.1) is 5.82 Å². The van der Waals surface area contributed by atoms with E-state index in [0.717, 1.165) is 0 Å². The highest BCUT2D eigenvalue weighted by Crippen LogP contribution is 2.33. The fourth-order valence-corrected chi connectivity index (χ4v) is 2.47. The first kappa shape index (κ1) is 18.1. The normalized spacial score (nSPS) is 10.4. The van der Waals surface area contributed by atoms with Crippen molar-refractivity contribution in [2.24, 2.45) is 0 Å². The van der Waals surface area contributed by atoms with Crippen LogP contribution in [0.3, 0.4) is 0 Å². The van der Waals surface area contributed by atoms with E-state index in [1.165, 1.54) is 19.2 Å². The predicted molar refractivity (Wildman–Crippen MR) is 97.0 cm³/mol. The maximum atomic E-state index is 13.1. The van der Waals surface area contributed by atoms with Crippen LogP contribution >= 0.6 is 0 Å². The number of halogens is 1. The SMILES string of the molecule is COc1cc(-c2cc(-c3ccc(F)cc3)nc(N)n2)ccc1OCC(=O)O. The fourth-order valence-electron chi connectivity index (χ4n) is 2.47. The Bertz CT molecular complexity index is 977. The van der Waals surface area contributed by atoms with Gasteiger partial charge in [-0.15, -0.1) is 0 Å². The Morgan fingerprint density at radius 2 is 1.67 bits per heavy atom. The molecule has 0 aliphatic heterocycles. The maximum absolute atomic E-state index is 13.1. The lowest BCUT2D eigenvalue weighted by Crippen LogP contribution is -2.10. The highest BCUT2D eigenvalue weighted by Gasteiger charge is 2.12. The number of carboxylic acid groups (broad SMARTS) is 1. The minimum atomic E-state index is -1.09. The minimum Gasteiger partial charge on any atom is -0.493 e. The third-order valence-corrected chi connectivity index (χ3v) is 3.69. The number of ether oxygens (including phenoxy) is 2. The van der Waals surface area contributed by atoms with E-state index in [1.807, 2.05) is 0 Å². The standard InChI is InChI=1S/C19H16FN3O4/c1-26-17-8-12(4-7-16(17)27-10-18(24)25)15-9-14(22-19(21)23-15)11-2-5-13(20)6-3-11/h2-9H,10H2,1H3,(H,24,25)(H2,21,22,23). The topological polar surface area (TPSA) is 108 Å². The van der Waals surface area contributed by atoms with Crippen LogP contribution in [0.1, 0.15) is 0 Å². The minimum absolute atomic E-state index is 0.0667. The molecule has 2 aromatic carbocycles. The molecule has 138 valence electrons. The van der Waals surface area contributed by atoms with E-state index in [2.05, 4.69) is 9.97 Å². The number of benzene rings is 2. The van der Waals surface area contributed by atoms with Crippen molar-refractivity contribution >= 4 is 11.9 Å². The number of aromatic nitrogens is 2. The highest BCUT2D eigenvalue weighted by molar-refractivity contribution is 5.71. The molecule has 0 atom stereocenters. The van der Waals surface area contributed by atoms with Gasteiger partial charge in [0.05, 0.1) is 18.5 Å². The van der Waals surface area contributed by atoms with E-state index in [-0.39, 0.29) is 11.8 Å². The lowest BCUT2D eigenvalue weighted by Gasteiger charge is -2.11. The van der Waals surface area contributed by atoms with E-state index in [0.29, 0.717) is 34.0 Å². The van der Waals surface area contributed by atoms with Gasteiger partial charge in [-0.3, -0.25) is 0 Å². The Kier molecular flexibility index (Phi) is 5.16. The molecule has 0 unspecified atom stereocenters. The van der Waals surface area contributed by atoms with E-state index >= 15 is 0 Å². The molecule has 0 amide bonds. The second-order valence-electron chi connectivity index (χ2n) is 5.55. The Hall–Kier alpha value is -3.68. The average Bonchev–Trinajstić information content (AvgIpc) is 2.66. The van der Waals surface area contributed by atoms with Crippen LogP contribution in [-0.4, -0.2) is 34.8 Å². The molecule has 0 aliphatic rings. The zero-order valence-corrected chi connectivity index (χ0v) is 14.3. The quantitative estimate of drug-likeness (QED) is 0.688. The van der Waals surface area contributed by atoms with Crippen LogP contribution in [0.4, 0.5) is 10.3 Å². The van der Waals surface area contributed by atoms with Gasteiger partial charge < -0.3 is 20.3 Å².